The van der Waals surface area contributed by atoms with Crippen LogP contribution in [0.15, 0.2) is 0 Å². The van der Waals surface area contributed by atoms with Crippen LogP contribution in [0.2, 0.25) is 0 Å². The molecule has 0 aromatic carbocycles. The van der Waals surface area contributed by atoms with Gasteiger partial charge >= 0.3 is 0 Å². The van der Waals surface area contributed by atoms with E-state index in [1.165, 1.54) is 25.8 Å². The second-order valence-electron chi connectivity index (χ2n) is 4.56. The zero-order valence-electron chi connectivity index (χ0n) is 7.41. The van der Waals surface area contributed by atoms with Gasteiger partial charge in [-0.15, -0.1) is 0 Å². The molecule has 1 atom stereocenters. The highest BCUT2D eigenvalue weighted by Gasteiger charge is 2.20. The van der Waals surface area contributed by atoms with Crippen molar-refractivity contribution in [3.63, 3.8) is 0 Å². The predicted octanol–water partition coefficient (Wildman–Crippen LogP) is 2.17. The van der Waals surface area contributed by atoms with Crippen molar-refractivity contribution in [2.24, 2.45) is 5.41 Å². The molecule has 0 radical (unpaired) electrons. The summed E-state index contributed by atoms with van der Waals surface area (Å²) < 4.78 is 0. The lowest BCUT2D eigenvalue weighted by atomic mass is 9.88. The topological polar surface area (TPSA) is 12.0 Å². The van der Waals surface area contributed by atoms with Crippen LogP contribution in [0.4, 0.5) is 0 Å². The van der Waals surface area contributed by atoms with Crippen LogP contribution in [0, 0.1) is 5.41 Å². The molecular formula is C9H19N. The molecule has 1 heteroatoms. The Morgan fingerprint density at radius 1 is 1.40 bits per heavy atom. The van der Waals surface area contributed by atoms with Gasteiger partial charge in [-0.2, -0.15) is 0 Å². The lowest BCUT2D eigenvalue weighted by Gasteiger charge is -2.22. The lowest BCUT2D eigenvalue weighted by molar-refractivity contribution is 0.325. The van der Waals surface area contributed by atoms with Crippen molar-refractivity contribution in [2.75, 3.05) is 6.54 Å². The Labute approximate surface area is 64.2 Å². The fraction of sp³-hybridized carbons (Fsp3) is 1.00. The van der Waals surface area contributed by atoms with Crippen LogP contribution in [-0.2, 0) is 0 Å². The van der Waals surface area contributed by atoms with E-state index in [1.807, 2.05) is 0 Å². The van der Waals surface area contributed by atoms with Crippen LogP contribution >= 0.6 is 0 Å². The van der Waals surface area contributed by atoms with Crippen molar-refractivity contribution < 1.29 is 0 Å². The van der Waals surface area contributed by atoms with E-state index >= 15 is 0 Å². The van der Waals surface area contributed by atoms with Crippen LogP contribution in [-0.4, -0.2) is 12.6 Å². The molecule has 0 saturated carbocycles. The van der Waals surface area contributed by atoms with E-state index in [2.05, 4.69) is 26.1 Å². The van der Waals surface area contributed by atoms with Gasteiger partial charge < -0.3 is 5.32 Å². The van der Waals surface area contributed by atoms with E-state index in [9.17, 15) is 0 Å². The molecule has 1 rings (SSSR count). The third kappa shape index (κ3) is 2.70. The van der Waals surface area contributed by atoms with Gasteiger partial charge in [0.25, 0.3) is 0 Å². The Hall–Kier alpha value is -0.0400. The maximum absolute atomic E-state index is 3.51. The minimum absolute atomic E-state index is 0.502. The smallest absolute Gasteiger partial charge is 0.00725 e. The van der Waals surface area contributed by atoms with Crippen LogP contribution in [0.3, 0.4) is 0 Å². The van der Waals surface area contributed by atoms with Gasteiger partial charge in [0.1, 0.15) is 0 Å². The molecule has 1 aliphatic rings. The van der Waals surface area contributed by atoms with E-state index in [0.29, 0.717) is 5.41 Å². The van der Waals surface area contributed by atoms with Gasteiger partial charge in [-0.05, 0) is 31.2 Å². The van der Waals surface area contributed by atoms with E-state index in [0.717, 1.165) is 6.04 Å². The van der Waals surface area contributed by atoms with Gasteiger partial charge in [0.2, 0.25) is 0 Å². The van der Waals surface area contributed by atoms with Gasteiger partial charge in [0.15, 0.2) is 0 Å². The molecule has 1 aliphatic heterocycles. The molecule has 1 heterocycles. The van der Waals surface area contributed by atoms with Gasteiger partial charge in [-0.1, -0.05) is 20.8 Å². The first kappa shape index (κ1) is 8.06. The molecule has 0 unspecified atom stereocenters. The first-order valence-corrected chi connectivity index (χ1v) is 4.31. The SMILES string of the molecule is CC(C)(C)C[C@@H]1CCCN1. The monoisotopic (exact) mass is 141 g/mol. The summed E-state index contributed by atoms with van der Waals surface area (Å²) in [7, 11) is 0. The molecule has 0 amide bonds. The Balaban J connectivity index is 2.24. The largest absolute Gasteiger partial charge is 0.314 e. The first-order chi connectivity index (χ1) is 4.58. The summed E-state index contributed by atoms with van der Waals surface area (Å²) in [6.07, 6.45) is 4.09. The Kier molecular flexibility index (Phi) is 2.35. The minimum atomic E-state index is 0.502. The normalized spacial score (nSPS) is 27.3. The summed E-state index contributed by atoms with van der Waals surface area (Å²) >= 11 is 0. The van der Waals surface area contributed by atoms with Crippen molar-refractivity contribution in [1.82, 2.24) is 5.32 Å². The second kappa shape index (κ2) is 2.91. The van der Waals surface area contributed by atoms with Crippen LogP contribution in [0.25, 0.3) is 0 Å². The summed E-state index contributed by atoms with van der Waals surface area (Å²) in [6.45, 7) is 8.17. The van der Waals surface area contributed by atoms with E-state index in [4.69, 9.17) is 0 Å². The van der Waals surface area contributed by atoms with Gasteiger partial charge in [-0.3, -0.25) is 0 Å². The average molecular weight is 141 g/mol. The summed E-state index contributed by atoms with van der Waals surface area (Å²) in [5, 5.41) is 3.51. The summed E-state index contributed by atoms with van der Waals surface area (Å²) in [4.78, 5) is 0. The zero-order valence-corrected chi connectivity index (χ0v) is 7.41. The van der Waals surface area contributed by atoms with Crippen LogP contribution < -0.4 is 5.32 Å². The molecule has 0 aromatic heterocycles. The van der Waals surface area contributed by atoms with Crippen molar-refractivity contribution in [3.05, 3.63) is 0 Å². The number of hydrogen-bond acceptors (Lipinski definition) is 1. The van der Waals surface area contributed by atoms with Gasteiger partial charge in [-0.25, -0.2) is 0 Å². The zero-order chi connectivity index (χ0) is 7.61. The average Bonchev–Trinajstić information content (AvgIpc) is 2.12. The van der Waals surface area contributed by atoms with Crippen molar-refractivity contribution >= 4 is 0 Å². The quantitative estimate of drug-likeness (QED) is 0.590. The van der Waals surface area contributed by atoms with Crippen LogP contribution in [0.1, 0.15) is 40.0 Å². The highest BCUT2D eigenvalue weighted by molar-refractivity contribution is 4.78. The highest BCUT2D eigenvalue weighted by Crippen LogP contribution is 2.24. The molecule has 1 N–H and O–H groups in total. The maximum atomic E-state index is 3.51. The van der Waals surface area contributed by atoms with Crippen molar-refractivity contribution in [2.45, 2.75) is 46.1 Å². The number of rotatable bonds is 1. The first-order valence-electron chi connectivity index (χ1n) is 4.31. The fourth-order valence-corrected chi connectivity index (χ4v) is 1.67. The molecule has 1 saturated heterocycles. The Morgan fingerprint density at radius 2 is 2.10 bits per heavy atom. The third-order valence-electron chi connectivity index (χ3n) is 2.02. The molecule has 0 aliphatic carbocycles. The molecule has 60 valence electrons. The van der Waals surface area contributed by atoms with Crippen molar-refractivity contribution in [1.29, 1.82) is 0 Å². The van der Waals surface area contributed by atoms with E-state index in [1.54, 1.807) is 0 Å². The Morgan fingerprint density at radius 3 is 2.50 bits per heavy atom. The molecular weight excluding hydrogens is 122 g/mol. The Bertz CT molecular complexity index is 95.8. The van der Waals surface area contributed by atoms with Gasteiger partial charge in [0, 0.05) is 6.04 Å². The predicted molar refractivity (Wildman–Crippen MR) is 45.1 cm³/mol. The molecule has 0 aromatic rings. The van der Waals surface area contributed by atoms with E-state index in [-0.39, 0.29) is 0 Å². The molecule has 0 bridgehead atoms. The molecule has 0 spiro atoms. The number of hydrogen-bond donors (Lipinski definition) is 1. The maximum Gasteiger partial charge on any atom is 0.00725 e. The lowest BCUT2D eigenvalue weighted by Crippen LogP contribution is -2.26. The minimum Gasteiger partial charge on any atom is -0.314 e. The molecule has 1 fully saturated rings. The van der Waals surface area contributed by atoms with Gasteiger partial charge in [0.05, 0.1) is 0 Å². The second-order valence-corrected chi connectivity index (χ2v) is 4.56. The summed E-state index contributed by atoms with van der Waals surface area (Å²) in [5.41, 5.74) is 0.502. The third-order valence-corrected chi connectivity index (χ3v) is 2.02. The standard InChI is InChI=1S/C9H19N/c1-9(2,3)7-8-5-4-6-10-8/h8,10H,4-7H2,1-3H3/t8-/m0/s1. The van der Waals surface area contributed by atoms with E-state index < -0.39 is 0 Å². The number of nitrogens with one attached hydrogen (secondary N) is 1. The fourth-order valence-electron chi connectivity index (χ4n) is 1.67. The molecule has 1 nitrogen and oxygen atoms in total. The van der Waals surface area contributed by atoms with Crippen LogP contribution in [0.5, 0.6) is 0 Å². The highest BCUT2D eigenvalue weighted by atomic mass is 14.9. The summed E-state index contributed by atoms with van der Waals surface area (Å²) in [5.74, 6) is 0. The summed E-state index contributed by atoms with van der Waals surface area (Å²) in [6, 6.07) is 0.806. The molecule has 10 heavy (non-hydrogen) atoms. The van der Waals surface area contributed by atoms with Crippen molar-refractivity contribution in [3.8, 4) is 0 Å².